The van der Waals surface area contributed by atoms with E-state index in [0.29, 0.717) is 9.48 Å². The largest absolute Gasteiger partial charge is 0.346 e. The standard InChI is InChI=1S/C7H7BrN2O3S2/c8-6-5(9-3-14-6)7(11)10-4-1-15(12,13)2-4/h3-4H,1-2H2,(H,10,11). The highest BCUT2D eigenvalue weighted by Gasteiger charge is 2.34. The van der Waals surface area contributed by atoms with Crippen LogP contribution in [0.15, 0.2) is 9.30 Å². The summed E-state index contributed by atoms with van der Waals surface area (Å²) in [6, 6.07) is -0.268. The molecule has 82 valence electrons. The smallest absolute Gasteiger partial charge is 0.272 e. The second kappa shape index (κ2) is 3.84. The van der Waals surface area contributed by atoms with Gasteiger partial charge in [0.1, 0.15) is 3.79 Å². The third kappa shape index (κ3) is 2.37. The van der Waals surface area contributed by atoms with Crippen molar-refractivity contribution >= 4 is 43.0 Å². The van der Waals surface area contributed by atoms with Gasteiger partial charge >= 0.3 is 0 Å². The number of halogens is 1. The Balaban J connectivity index is 1.98. The van der Waals surface area contributed by atoms with Gasteiger partial charge in [-0.3, -0.25) is 4.79 Å². The van der Waals surface area contributed by atoms with Crippen molar-refractivity contribution in [3.05, 3.63) is 15.0 Å². The summed E-state index contributed by atoms with van der Waals surface area (Å²) in [7, 11) is -2.90. The van der Waals surface area contributed by atoms with Crippen molar-refractivity contribution in [1.29, 1.82) is 0 Å². The molecule has 1 aromatic heterocycles. The molecule has 1 fully saturated rings. The quantitative estimate of drug-likeness (QED) is 0.859. The number of sulfone groups is 1. The van der Waals surface area contributed by atoms with E-state index in [2.05, 4.69) is 26.2 Å². The van der Waals surface area contributed by atoms with E-state index in [9.17, 15) is 13.2 Å². The predicted molar refractivity (Wildman–Crippen MR) is 59.7 cm³/mol. The molecule has 0 atom stereocenters. The van der Waals surface area contributed by atoms with Gasteiger partial charge in [-0.05, 0) is 15.9 Å². The Hall–Kier alpha value is -0.470. The molecule has 0 radical (unpaired) electrons. The summed E-state index contributed by atoms with van der Waals surface area (Å²) >= 11 is 4.51. The molecule has 1 amide bonds. The van der Waals surface area contributed by atoms with E-state index in [0.717, 1.165) is 0 Å². The zero-order chi connectivity index (χ0) is 11.1. The molecule has 8 heteroatoms. The fraction of sp³-hybridized carbons (Fsp3) is 0.429. The van der Waals surface area contributed by atoms with Gasteiger partial charge in [0.15, 0.2) is 15.5 Å². The molecule has 2 heterocycles. The van der Waals surface area contributed by atoms with Crippen molar-refractivity contribution < 1.29 is 13.2 Å². The van der Waals surface area contributed by atoms with Gasteiger partial charge in [0, 0.05) is 0 Å². The summed E-state index contributed by atoms with van der Waals surface area (Å²) in [5, 5.41) is 2.61. The molecule has 0 saturated carbocycles. The maximum Gasteiger partial charge on any atom is 0.272 e. The first-order valence-electron chi connectivity index (χ1n) is 4.08. The molecule has 1 saturated heterocycles. The number of carbonyl (C=O) groups excluding carboxylic acids is 1. The summed E-state index contributed by atoms with van der Waals surface area (Å²) in [6.45, 7) is 0. The topological polar surface area (TPSA) is 76.1 Å². The summed E-state index contributed by atoms with van der Waals surface area (Å²) in [4.78, 5) is 15.4. The number of nitrogens with zero attached hydrogens (tertiary/aromatic N) is 1. The molecule has 1 aliphatic heterocycles. The maximum absolute atomic E-state index is 11.5. The van der Waals surface area contributed by atoms with Gasteiger partial charge in [-0.2, -0.15) is 0 Å². The van der Waals surface area contributed by atoms with Crippen LogP contribution in [-0.2, 0) is 9.84 Å². The summed E-state index contributed by atoms with van der Waals surface area (Å²) in [5.74, 6) is -0.274. The van der Waals surface area contributed by atoms with E-state index in [1.165, 1.54) is 11.3 Å². The Morgan fingerprint density at radius 2 is 2.27 bits per heavy atom. The van der Waals surface area contributed by atoms with E-state index in [1.807, 2.05) is 0 Å². The van der Waals surface area contributed by atoms with Crippen molar-refractivity contribution in [3.8, 4) is 0 Å². The number of hydrogen-bond donors (Lipinski definition) is 1. The van der Waals surface area contributed by atoms with Crippen LogP contribution in [0, 0.1) is 0 Å². The third-order valence-corrected chi connectivity index (χ3v) is 5.35. The van der Waals surface area contributed by atoms with Crippen LogP contribution in [0.5, 0.6) is 0 Å². The van der Waals surface area contributed by atoms with Gasteiger partial charge in [-0.25, -0.2) is 13.4 Å². The van der Waals surface area contributed by atoms with Gasteiger partial charge in [0.25, 0.3) is 5.91 Å². The van der Waals surface area contributed by atoms with Gasteiger partial charge in [-0.1, -0.05) is 0 Å². The van der Waals surface area contributed by atoms with Crippen molar-refractivity contribution in [1.82, 2.24) is 10.3 Å². The van der Waals surface area contributed by atoms with Gasteiger partial charge < -0.3 is 5.32 Å². The lowest BCUT2D eigenvalue weighted by Crippen LogP contribution is -2.53. The number of aromatic nitrogens is 1. The lowest BCUT2D eigenvalue weighted by molar-refractivity contribution is 0.0937. The summed E-state index contributed by atoms with van der Waals surface area (Å²) in [5.41, 5.74) is 1.86. The van der Waals surface area contributed by atoms with E-state index in [1.54, 1.807) is 5.51 Å². The lowest BCUT2D eigenvalue weighted by Gasteiger charge is -2.26. The molecule has 1 aliphatic rings. The second-order valence-electron chi connectivity index (χ2n) is 3.22. The van der Waals surface area contributed by atoms with Crippen LogP contribution in [0.2, 0.25) is 0 Å². The number of nitrogens with one attached hydrogen (secondary N) is 1. The lowest BCUT2D eigenvalue weighted by atomic mass is 10.3. The highest BCUT2D eigenvalue weighted by molar-refractivity contribution is 9.11. The van der Waals surface area contributed by atoms with Crippen LogP contribution in [0.4, 0.5) is 0 Å². The molecule has 0 bridgehead atoms. The predicted octanol–water partition coefficient (Wildman–Crippen LogP) is 0.432. The Morgan fingerprint density at radius 3 is 2.73 bits per heavy atom. The molecule has 1 aromatic rings. The van der Waals surface area contributed by atoms with Crippen molar-refractivity contribution in [3.63, 3.8) is 0 Å². The third-order valence-electron chi connectivity index (χ3n) is 1.98. The van der Waals surface area contributed by atoms with Crippen LogP contribution in [0.25, 0.3) is 0 Å². The zero-order valence-corrected chi connectivity index (χ0v) is 10.7. The Bertz CT molecular complexity index is 484. The minimum atomic E-state index is -2.90. The number of hydrogen-bond acceptors (Lipinski definition) is 5. The first-order chi connectivity index (χ1) is 6.98. The van der Waals surface area contributed by atoms with E-state index >= 15 is 0 Å². The van der Waals surface area contributed by atoms with Crippen molar-refractivity contribution in [2.24, 2.45) is 0 Å². The van der Waals surface area contributed by atoms with E-state index < -0.39 is 9.84 Å². The molecule has 0 unspecified atom stereocenters. The molecule has 0 aliphatic carbocycles. The highest BCUT2D eigenvalue weighted by Crippen LogP contribution is 2.21. The average Bonchev–Trinajstić information content (AvgIpc) is 2.47. The van der Waals surface area contributed by atoms with Gasteiger partial charge in [0.2, 0.25) is 0 Å². The van der Waals surface area contributed by atoms with Gasteiger partial charge in [0.05, 0.1) is 23.1 Å². The van der Waals surface area contributed by atoms with Crippen LogP contribution >= 0.6 is 27.3 Å². The average molecular weight is 311 g/mol. The Kier molecular flexibility index (Phi) is 2.82. The molecule has 15 heavy (non-hydrogen) atoms. The van der Waals surface area contributed by atoms with Crippen LogP contribution < -0.4 is 5.32 Å². The Morgan fingerprint density at radius 1 is 1.60 bits per heavy atom. The Labute approximate surface area is 98.9 Å². The molecule has 5 nitrogen and oxygen atoms in total. The van der Waals surface area contributed by atoms with Crippen LogP contribution in [-0.4, -0.2) is 36.9 Å². The van der Waals surface area contributed by atoms with Gasteiger partial charge in [-0.15, -0.1) is 11.3 Å². The van der Waals surface area contributed by atoms with Crippen molar-refractivity contribution in [2.45, 2.75) is 6.04 Å². The molecule has 1 N–H and O–H groups in total. The van der Waals surface area contributed by atoms with E-state index in [4.69, 9.17) is 0 Å². The normalized spacial score (nSPS) is 19.5. The molecule has 0 aromatic carbocycles. The van der Waals surface area contributed by atoms with E-state index in [-0.39, 0.29) is 23.5 Å². The fourth-order valence-electron chi connectivity index (χ4n) is 1.28. The minimum Gasteiger partial charge on any atom is -0.346 e. The first kappa shape index (κ1) is 11.0. The SMILES string of the molecule is O=C(NC1CS(=O)(=O)C1)c1ncsc1Br. The number of rotatable bonds is 2. The van der Waals surface area contributed by atoms with Crippen LogP contribution in [0.3, 0.4) is 0 Å². The summed E-state index contributed by atoms with van der Waals surface area (Å²) < 4.78 is 22.4. The molecular formula is C7H7BrN2O3S2. The molecule has 2 rings (SSSR count). The minimum absolute atomic E-state index is 0.0283. The fourth-order valence-corrected chi connectivity index (χ4v) is 3.62. The zero-order valence-electron chi connectivity index (χ0n) is 7.44. The number of amides is 1. The molecular weight excluding hydrogens is 304 g/mol. The van der Waals surface area contributed by atoms with Crippen LogP contribution in [0.1, 0.15) is 10.5 Å². The second-order valence-corrected chi connectivity index (χ2v) is 7.55. The maximum atomic E-state index is 11.5. The molecule has 0 spiro atoms. The number of thiazole rings is 1. The first-order valence-corrected chi connectivity index (χ1v) is 7.57. The monoisotopic (exact) mass is 310 g/mol. The summed E-state index contributed by atoms with van der Waals surface area (Å²) in [6.07, 6.45) is 0. The van der Waals surface area contributed by atoms with Crippen molar-refractivity contribution in [2.75, 3.05) is 11.5 Å². The number of carbonyl (C=O) groups is 1. The highest BCUT2D eigenvalue weighted by atomic mass is 79.9.